The molecule has 1 heterocycles. The maximum absolute atomic E-state index is 5.68. The van der Waals surface area contributed by atoms with Gasteiger partial charge in [-0.25, -0.2) is 0 Å². The highest BCUT2D eigenvalue weighted by molar-refractivity contribution is 4.86. The van der Waals surface area contributed by atoms with Crippen molar-refractivity contribution in [2.45, 2.75) is 51.6 Å². The van der Waals surface area contributed by atoms with Gasteiger partial charge in [-0.15, -0.1) is 0 Å². The lowest BCUT2D eigenvalue weighted by Crippen LogP contribution is -2.40. The van der Waals surface area contributed by atoms with Crippen molar-refractivity contribution in [3.63, 3.8) is 0 Å². The third-order valence-electron chi connectivity index (χ3n) is 3.69. The van der Waals surface area contributed by atoms with Crippen LogP contribution in [0.3, 0.4) is 0 Å². The molecule has 0 bridgehead atoms. The number of hydrogen-bond acceptors (Lipinski definition) is 3. The van der Waals surface area contributed by atoms with Gasteiger partial charge in [0.05, 0.1) is 6.61 Å². The maximum atomic E-state index is 5.68. The van der Waals surface area contributed by atoms with Crippen LogP contribution in [0.1, 0.15) is 39.5 Å². The Labute approximate surface area is 106 Å². The molecule has 1 N–H and O–H groups in total. The second-order valence-corrected chi connectivity index (χ2v) is 5.98. The summed E-state index contributed by atoms with van der Waals surface area (Å²) in [6.45, 7) is 9.79. The summed E-state index contributed by atoms with van der Waals surface area (Å²) < 4.78 is 5.68. The van der Waals surface area contributed by atoms with E-state index < -0.39 is 0 Å². The second-order valence-electron chi connectivity index (χ2n) is 5.98. The fraction of sp³-hybridized carbons (Fsp3) is 1.00. The van der Waals surface area contributed by atoms with E-state index in [4.69, 9.17) is 4.74 Å². The molecule has 0 aromatic carbocycles. The van der Waals surface area contributed by atoms with Crippen LogP contribution in [0.2, 0.25) is 0 Å². The molecule has 2 rings (SSSR count). The summed E-state index contributed by atoms with van der Waals surface area (Å²) in [5.74, 6) is 0.654. The first-order valence-electron chi connectivity index (χ1n) is 7.31. The van der Waals surface area contributed by atoms with Crippen LogP contribution in [0.15, 0.2) is 0 Å². The molecule has 1 saturated carbocycles. The summed E-state index contributed by atoms with van der Waals surface area (Å²) in [6, 6.07) is 1.60. The van der Waals surface area contributed by atoms with Crippen molar-refractivity contribution in [2.24, 2.45) is 5.92 Å². The summed E-state index contributed by atoms with van der Waals surface area (Å²) in [4.78, 5) is 2.61. The van der Waals surface area contributed by atoms with E-state index in [1.807, 2.05) is 0 Å². The highest BCUT2D eigenvalue weighted by atomic mass is 16.5. The van der Waals surface area contributed by atoms with Crippen LogP contribution in [0.4, 0.5) is 0 Å². The highest BCUT2D eigenvalue weighted by Gasteiger charge is 2.27. The van der Waals surface area contributed by atoms with Crippen molar-refractivity contribution >= 4 is 0 Å². The molecule has 3 heteroatoms. The van der Waals surface area contributed by atoms with E-state index in [-0.39, 0.29) is 0 Å². The van der Waals surface area contributed by atoms with Gasteiger partial charge < -0.3 is 10.1 Å². The predicted molar refractivity (Wildman–Crippen MR) is 71.3 cm³/mol. The molecule has 2 fully saturated rings. The van der Waals surface area contributed by atoms with Crippen LogP contribution in [0, 0.1) is 5.92 Å². The Balaban J connectivity index is 1.57. The van der Waals surface area contributed by atoms with Gasteiger partial charge in [-0.05, 0) is 38.1 Å². The number of rotatable bonds is 8. The fourth-order valence-corrected chi connectivity index (χ4v) is 2.51. The number of likely N-dealkylation sites (tertiary alicyclic amines) is 1. The molecule has 0 aromatic heterocycles. The Morgan fingerprint density at radius 3 is 2.82 bits per heavy atom. The fourth-order valence-electron chi connectivity index (χ4n) is 2.51. The van der Waals surface area contributed by atoms with Crippen molar-refractivity contribution in [3.8, 4) is 0 Å². The highest BCUT2D eigenvalue weighted by Crippen LogP contribution is 2.21. The molecule has 0 spiro atoms. The molecule has 0 aromatic rings. The molecule has 1 unspecified atom stereocenters. The molecule has 17 heavy (non-hydrogen) atoms. The molecule has 1 aliphatic carbocycles. The molecule has 1 aliphatic heterocycles. The van der Waals surface area contributed by atoms with Crippen molar-refractivity contribution in [1.29, 1.82) is 0 Å². The normalized spacial score (nSPS) is 25.9. The van der Waals surface area contributed by atoms with Gasteiger partial charge in [0, 0.05) is 31.8 Å². The predicted octanol–water partition coefficient (Wildman–Crippen LogP) is 1.88. The molecular weight excluding hydrogens is 212 g/mol. The van der Waals surface area contributed by atoms with E-state index in [0.717, 1.165) is 31.8 Å². The van der Waals surface area contributed by atoms with Gasteiger partial charge in [0.15, 0.2) is 0 Å². The zero-order chi connectivity index (χ0) is 12.1. The average Bonchev–Trinajstić information content (AvgIpc) is 3.02. The summed E-state index contributed by atoms with van der Waals surface area (Å²) in [5.41, 5.74) is 0. The Morgan fingerprint density at radius 2 is 2.12 bits per heavy atom. The van der Waals surface area contributed by atoms with E-state index in [0.29, 0.717) is 5.92 Å². The maximum Gasteiger partial charge on any atom is 0.0593 e. The van der Waals surface area contributed by atoms with Gasteiger partial charge in [-0.3, -0.25) is 4.90 Å². The van der Waals surface area contributed by atoms with Gasteiger partial charge in [0.1, 0.15) is 0 Å². The molecule has 100 valence electrons. The summed E-state index contributed by atoms with van der Waals surface area (Å²) in [7, 11) is 0. The molecular formula is C14H28N2O. The summed E-state index contributed by atoms with van der Waals surface area (Å²) in [6.07, 6.45) is 5.51. The Hall–Kier alpha value is -0.120. The molecule has 0 radical (unpaired) electrons. The zero-order valence-electron chi connectivity index (χ0n) is 11.5. The first-order chi connectivity index (χ1) is 8.25. The Kier molecular flexibility index (Phi) is 5.26. The minimum absolute atomic E-state index is 0.654. The molecule has 1 atom stereocenters. The average molecular weight is 240 g/mol. The third-order valence-corrected chi connectivity index (χ3v) is 3.69. The van der Waals surface area contributed by atoms with Crippen LogP contribution in [-0.2, 0) is 4.74 Å². The van der Waals surface area contributed by atoms with Gasteiger partial charge in [-0.1, -0.05) is 13.8 Å². The first-order valence-corrected chi connectivity index (χ1v) is 7.31. The van der Waals surface area contributed by atoms with Crippen molar-refractivity contribution in [3.05, 3.63) is 0 Å². The summed E-state index contributed by atoms with van der Waals surface area (Å²) in [5, 5.41) is 3.65. The van der Waals surface area contributed by atoms with Gasteiger partial charge in [-0.2, -0.15) is 0 Å². The lowest BCUT2D eigenvalue weighted by molar-refractivity contribution is 0.0819. The van der Waals surface area contributed by atoms with E-state index in [1.165, 1.54) is 38.8 Å². The number of nitrogens with zero attached hydrogens (tertiary/aromatic N) is 1. The van der Waals surface area contributed by atoms with Crippen LogP contribution in [-0.4, -0.2) is 49.8 Å². The summed E-state index contributed by atoms with van der Waals surface area (Å²) >= 11 is 0. The van der Waals surface area contributed by atoms with Gasteiger partial charge in [0.2, 0.25) is 0 Å². The largest absolute Gasteiger partial charge is 0.380 e. The quantitative estimate of drug-likeness (QED) is 0.656. The van der Waals surface area contributed by atoms with Gasteiger partial charge >= 0.3 is 0 Å². The van der Waals surface area contributed by atoms with E-state index in [2.05, 4.69) is 24.1 Å². The van der Waals surface area contributed by atoms with Crippen LogP contribution < -0.4 is 5.32 Å². The SMILES string of the molecule is CC(C)COCCN1CCCC1CNC1CC1. The standard InChI is InChI=1S/C14H28N2O/c1-12(2)11-17-9-8-16-7-3-4-14(16)10-15-13-5-6-13/h12-15H,3-11H2,1-2H3. The van der Waals surface area contributed by atoms with Crippen molar-refractivity contribution in [2.75, 3.05) is 32.8 Å². The minimum atomic E-state index is 0.654. The lowest BCUT2D eigenvalue weighted by atomic mass is 10.2. The third kappa shape index (κ3) is 4.94. The van der Waals surface area contributed by atoms with Crippen LogP contribution in [0.5, 0.6) is 0 Å². The minimum Gasteiger partial charge on any atom is -0.380 e. The lowest BCUT2D eigenvalue weighted by Gasteiger charge is -2.24. The Morgan fingerprint density at radius 1 is 1.29 bits per heavy atom. The molecule has 2 aliphatic rings. The second kappa shape index (κ2) is 6.72. The number of nitrogens with one attached hydrogen (secondary N) is 1. The van der Waals surface area contributed by atoms with Crippen LogP contribution >= 0.6 is 0 Å². The first kappa shape index (κ1) is 13.3. The van der Waals surface area contributed by atoms with E-state index >= 15 is 0 Å². The van der Waals surface area contributed by atoms with E-state index in [9.17, 15) is 0 Å². The topological polar surface area (TPSA) is 24.5 Å². The number of hydrogen-bond donors (Lipinski definition) is 1. The smallest absolute Gasteiger partial charge is 0.0593 e. The molecule has 0 amide bonds. The molecule has 1 saturated heterocycles. The van der Waals surface area contributed by atoms with E-state index in [1.54, 1.807) is 0 Å². The monoisotopic (exact) mass is 240 g/mol. The molecule has 3 nitrogen and oxygen atoms in total. The zero-order valence-corrected chi connectivity index (χ0v) is 11.5. The van der Waals surface area contributed by atoms with Crippen molar-refractivity contribution < 1.29 is 4.74 Å². The van der Waals surface area contributed by atoms with Crippen LogP contribution in [0.25, 0.3) is 0 Å². The Bertz CT molecular complexity index is 216. The number of ether oxygens (including phenoxy) is 1. The van der Waals surface area contributed by atoms with Crippen molar-refractivity contribution in [1.82, 2.24) is 10.2 Å². The van der Waals surface area contributed by atoms with Gasteiger partial charge in [0.25, 0.3) is 0 Å².